The molecule has 0 spiro atoms. The third-order valence-corrected chi connectivity index (χ3v) is 3.61. The summed E-state index contributed by atoms with van der Waals surface area (Å²) in [6, 6.07) is 3.84. The summed E-state index contributed by atoms with van der Waals surface area (Å²) < 4.78 is 5.37. The molecule has 0 amide bonds. The Hall–Kier alpha value is -0.671. The van der Waals surface area contributed by atoms with Crippen LogP contribution in [-0.2, 0) is 13.2 Å². The molecular formula is C9H9NO2Se. The minimum absolute atomic E-state index is 0.0146. The molecule has 0 unspecified atom stereocenters. The van der Waals surface area contributed by atoms with Gasteiger partial charge in [0.25, 0.3) is 0 Å². The molecule has 2 N–H and O–H groups in total. The molecule has 4 heteroatoms. The van der Waals surface area contributed by atoms with Crippen molar-refractivity contribution in [3.05, 3.63) is 29.5 Å². The van der Waals surface area contributed by atoms with Crippen molar-refractivity contribution in [3.8, 4) is 0 Å². The summed E-state index contributed by atoms with van der Waals surface area (Å²) in [5, 5.41) is 19.2. The Bertz CT molecular complexity index is 386. The number of fused-ring (bicyclic) bond motifs is 1. The average molecular weight is 242 g/mol. The van der Waals surface area contributed by atoms with Gasteiger partial charge in [-0.2, -0.15) is 0 Å². The first-order chi connectivity index (χ1) is 6.35. The predicted molar refractivity (Wildman–Crippen MR) is 50.5 cm³/mol. The predicted octanol–water partition coefficient (Wildman–Crippen LogP) is 0.276. The van der Waals surface area contributed by atoms with E-state index in [1.54, 1.807) is 0 Å². The second-order valence-electron chi connectivity index (χ2n) is 2.80. The van der Waals surface area contributed by atoms with E-state index in [2.05, 4.69) is 3.98 Å². The Morgan fingerprint density at radius 2 is 1.85 bits per heavy atom. The summed E-state index contributed by atoms with van der Waals surface area (Å²) in [5.74, 6) is 0. The summed E-state index contributed by atoms with van der Waals surface area (Å²) in [6.45, 7) is -0.0384. The molecule has 1 aromatic carbocycles. The number of rotatable bonds is 2. The van der Waals surface area contributed by atoms with Gasteiger partial charge in [-0.25, -0.2) is 0 Å². The van der Waals surface area contributed by atoms with Crippen LogP contribution in [0.25, 0.3) is 9.65 Å². The second kappa shape index (κ2) is 3.60. The van der Waals surface area contributed by atoms with Crippen molar-refractivity contribution < 1.29 is 10.2 Å². The molecule has 0 aliphatic carbocycles. The van der Waals surface area contributed by atoms with Gasteiger partial charge in [-0.05, 0) is 0 Å². The van der Waals surface area contributed by atoms with Crippen LogP contribution in [0, 0.1) is 0 Å². The van der Waals surface area contributed by atoms with E-state index in [9.17, 15) is 0 Å². The Morgan fingerprint density at radius 1 is 1.15 bits per heavy atom. The van der Waals surface area contributed by atoms with Crippen LogP contribution in [0.3, 0.4) is 0 Å². The van der Waals surface area contributed by atoms with E-state index in [1.807, 2.05) is 18.3 Å². The average Bonchev–Trinajstić information content (AvgIpc) is 2.62. The van der Waals surface area contributed by atoms with Gasteiger partial charge in [0.2, 0.25) is 0 Å². The maximum absolute atomic E-state index is 9.04. The zero-order chi connectivity index (χ0) is 9.26. The Kier molecular flexibility index (Phi) is 2.47. The number of aromatic nitrogens is 1. The molecule has 0 atom stereocenters. The monoisotopic (exact) mass is 243 g/mol. The van der Waals surface area contributed by atoms with Gasteiger partial charge in [0.05, 0.1) is 0 Å². The molecular weight excluding hydrogens is 233 g/mol. The fourth-order valence-corrected chi connectivity index (χ4v) is 2.75. The number of hydrogen-bond donors (Lipinski definition) is 2. The van der Waals surface area contributed by atoms with Crippen LogP contribution in [0.1, 0.15) is 11.1 Å². The number of benzene rings is 1. The van der Waals surface area contributed by atoms with Crippen LogP contribution in [0.2, 0.25) is 0 Å². The van der Waals surface area contributed by atoms with Gasteiger partial charge >= 0.3 is 81.2 Å². The van der Waals surface area contributed by atoms with Crippen molar-refractivity contribution in [2.45, 2.75) is 13.2 Å². The van der Waals surface area contributed by atoms with Gasteiger partial charge in [-0.15, -0.1) is 0 Å². The van der Waals surface area contributed by atoms with Crippen LogP contribution in [-0.4, -0.2) is 28.9 Å². The summed E-state index contributed by atoms with van der Waals surface area (Å²) in [4.78, 5) is 0. The molecule has 0 fully saturated rings. The molecule has 13 heavy (non-hydrogen) atoms. The van der Waals surface area contributed by atoms with Crippen molar-refractivity contribution in [2.75, 3.05) is 0 Å². The molecule has 0 bridgehead atoms. The zero-order valence-corrected chi connectivity index (χ0v) is 8.61. The molecule has 0 saturated heterocycles. The molecule has 0 radical (unpaired) electrons. The quantitative estimate of drug-likeness (QED) is 0.743. The van der Waals surface area contributed by atoms with E-state index in [-0.39, 0.29) is 27.9 Å². The Morgan fingerprint density at radius 3 is 2.54 bits per heavy atom. The minimum atomic E-state index is -0.0238. The van der Waals surface area contributed by atoms with Crippen molar-refractivity contribution in [1.29, 1.82) is 0 Å². The summed E-state index contributed by atoms with van der Waals surface area (Å²) >= 11 is 0.160. The van der Waals surface area contributed by atoms with Gasteiger partial charge in [0.15, 0.2) is 0 Å². The normalized spacial score (nSPS) is 10.9. The first-order valence-corrected chi connectivity index (χ1v) is 5.55. The van der Waals surface area contributed by atoms with Crippen molar-refractivity contribution in [1.82, 2.24) is 3.98 Å². The van der Waals surface area contributed by atoms with Crippen LogP contribution >= 0.6 is 0 Å². The summed E-state index contributed by atoms with van der Waals surface area (Å²) in [7, 11) is 0. The number of nitrogens with zero attached hydrogens (tertiary/aromatic N) is 1. The summed E-state index contributed by atoms with van der Waals surface area (Å²) in [5.41, 5.74) is 1.61. The molecule has 0 saturated carbocycles. The Balaban J connectivity index is 2.67. The third-order valence-electron chi connectivity index (χ3n) is 2.02. The first kappa shape index (κ1) is 8.91. The van der Waals surface area contributed by atoms with E-state index in [0.717, 1.165) is 16.5 Å². The van der Waals surface area contributed by atoms with Crippen molar-refractivity contribution in [2.24, 2.45) is 0 Å². The van der Waals surface area contributed by atoms with E-state index < -0.39 is 0 Å². The standard InChI is InChI=1S/C9H9NO2Se/c11-4-7-1-6-3-10-13-9(6)2-8(7)5-12/h1-3,11-12H,4-5H2. The topological polar surface area (TPSA) is 53.4 Å². The zero-order valence-electron chi connectivity index (χ0n) is 6.90. The summed E-state index contributed by atoms with van der Waals surface area (Å²) in [6.07, 6.45) is 1.83. The second-order valence-corrected chi connectivity index (χ2v) is 4.55. The van der Waals surface area contributed by atoms with Crippen LogP contribution in [0.4, 0.5) is 0 Å². The van der Waals surface area contributed by atoms with E-state index in [4.69, 9.17) is 10.2 Å². The van der Waals surface area contributed by atoms with Gasteiger partial charge in [0.1, 0.15) is 0 Å². The first-order valence-electron chi connectivity index (χ1n) is 3.93. The molecule has 1 heterocycles. The SMILES string of the molecule is OCc1cc2cn[se]c2cc1CO. The molecule has 68 valence electrons. The van der Waals surface area contributed by atoms with Crippen molar-refractivity contribution in [3.63, 3.8) is 0 Å². The van der Waals surface area contributed by atoms with Crippen LogP contribution < -0.4 is 0 Å². The van der Waals surface area contributed by atoms with E-state index in [0.29, 0.717) is 0 Å². The van der Waals surface area contributed by atoms with Crippen molar-refractivity contribution >= 4 is 24.4 Å². The number of hydrogen-bond acceptors (Lipinski definition) is 3. The van der Waals surface area contributed by atoms with Gasteiger partial charge in [-0.1, -0.05) is 0 Å². The molecule has 3 nitrogen and oxygen atoms in total. The van der Waals surface area contributed by atoms with E-state index >= 15 is 0 Å². The van der Waals surface area contributed by atoms with Crippen LogP contribution in [0.15, 0.2) is 18.3 Å². The number of aliphatic hydroxyl groups is 2. The number of aliphatic hydroxyl groups excluding tert-OH is 2. The molecule has 0 aliphatic rings. The third kappa shape index (κ3) is 1.54. The van der Waals surface area contributed by atoms with Gasteiger partial charge in [-0.3, -0.25) is 0 Å². The Labute approximate surface area is 81.6 Å². The molecule has 2 aromatic rings. The van der Waals surface area contributed by atoms with Gasteiger partial charge < -0.3 is 0 Å². The van der Waals surface area contributed by atoms with Gasteiger partial charge in [0, 0.05) is 0 Å². The van der Waals surface area contributed by atoms with Crippen LogP contribution in [0.5, 0.6) is 0 Å². The van der Waals surface area contributed by atoms with E-state index in [1.165, 1.54) is 4.26 Å². The maximum atomic E-state index is 9.04. The fourth-order valence-electron chi connectivity index (χ4n) is 1.30. The fraction of sp³-hybridized carbons (Fsp3) is 0.222. The molecule has 0 aliphatic heterocycles. The molecule has 1 aromatic heterocycles. The molecule has 2 rings (SSSR count).